The Kier molecular flexibility index (Phi) is 7.79. The molecule has 1 aliphatic rings. The first kappa shape index (κ1) is 25.5. The van der Waals surface area contributed by atoms with Crippen molar-refractivity contribution in [1.82, 2.24) is 14.8 Å². The number of ether oxygens (including phenoxy) is 1. The van der Waals surface area contributed by atoms with Crippen LogP contribution in [0.2, 0.25) is 0 Å². The number of anilines is 1. The third kappa shape index (κ3) is 5.46. The van der Waals surface area contributed by atoms with Gasteiger partial charge in [0.05, 0.1) is 18.8 Å². The number of nitrogens with zero attached hydrogens (tertiary/aromatic N) is 3. The van der Waals surface area contributed by atoms with Gasteiger partial charge >= 0.3 is 0 Å². The topological polar surface area (TPSA) is 66.8 Å². The minimum Gasteiger partial charge on any atom is -0.497 e. The largest absolute Gasteiger partial charge is 0.497 e. The fourth-order valence-electron chi connectivity index (χ4n) is 4.74. The van der Waals surface area contributed by atoms with E-state index in [1.165, 1.54) is 0 Å². The molecule has 7 heteroatoms. The first-order chi connectivity index (χ1) is 17.3. The molecule has 1 fully saturated rings. The van der Waals surface area contributed by atoms with E-state index in [0.717, 1.165) is 67.0 Å². The Bertz CT molecular complexity index is 1240. The van der Waals surface area contributed by atoms with Crippen molar-refractivity contribution in [1.29, 1.82) is 0 Å². The maximum absolute atomic E-state index is 13.4. The number of carbonyl (C=O) groups excluding carboxylic acids is 2. The molecule has 3 aromatic rings. The van der Waals surface area contributed by atoms with Crippen LogP contribution in [0, 0.1) is 6.92 Å². The summed E-state index contributed by atoms with van der Waals surface area (Å²) in [7, 11) is 3.47. The van der Waals surface area contributed by atoms with Crippen LogP contribution in [0.15, 0.2) is 48.7 Å². The summed E-state index contributed by atoms with van der Waals surface area (Å²) in [6.07, 6.45) is 2.76. The van der Waals surface area contributed by atoms with Crippen molar-refractivity contribution in [3.05, 3.63) is 71.0 Å². The summed E-state index contributed by atoms with van der Waals surface area (Å²) in [6.45, 7) is 11.2. The number of carbonyl (C=O) groups is 2. The third-order valence-electron chi connectivity index (χ3n) is 7.16. The molecule has 7 nitrogen and oxygen atoms in total. The molecule has 1 saturated heterocycles. The SMILES string of the molecule is CCN1CCN(c2ccc(C)c(C(=O)NC(C)c3cc(OC)cc(-c4cc(C=O)n(C)c4)c3)c2)CC1. The number of aromatic nitrogens is 1. The van der Waals surface area contributed by atoms with Gasteiger partial charge in [-0.05, 0) is 73.5 Å². The summed E-state index contributed by atoms with van der Waals surface area (Å²) >= 11 is 0. The molecular formula is C29H36N4O3. The lowest BCUT2D eigenvalue weighted by atomic mass is 10.00. The van der Waals surface area contributed by atoms with Crippen LogP contribution >= 0.6 is 0 Å². The number of amides is 1. The number of aryl methyl sites for hydroxylation is 2. The predicted octanol–water partition coefficient (Wildman–Crippen LogP) is 4.45. The van der Waals surface area contributed by atoms with E-state index in [1.54, 1.807) is 11.7 Å². The number of benzene rings is 2. The number of piperazine rings is 1. The fraction of sp³-hybridized carbons (Fsp3) is 0.379. The molecule has 1 aliphatic heterocycles. The second-order valence-electron chi connectivity index (χ2n) is 9.49. The number of hydrogen-bond donors (Lipinski definition) is 1. The molecule has 190 valence electrons. The molecule has 2 aromatic carbocycles. The summed E-state index contributed by atoms with van der Waals surface area (Å²) in [5, 5.41) is 3.17. The Morgan fingerprint density at radius 1 is 1.08 bits per heavy atom. The normalized spacial score (nSPS) is 15.0. The zero-order valence-corrected chi connectivity index (χ0v) is 21.9. The monoisotopic (exact) mass is 488 g/mol. The van der Waals surface area contributed by atoms with Crippen LogP contribution < -0.4 is 15.0 Å². The van der Waals surface area contributed by atoms with Gasteiger partial charge in [-0.2, -0.15) is 0 Å². The predicted molar refractivity (Wildman–Crippen MR) is 144 cm³/mol. The lowest BCUT2D eigenvalue weighted by Gasteiger charge is -2.35. The molecule has 1 aromatic heterocycles. The fourth-order valence-corrected chi connectivity index (χ4v) is 4.74. The van der Waals surface area contributed by atoms with Crippen molar-refractivity contribution in [2.24, 2.45) is 7.05 Å². The van der Waals surface area contributed by atoms with Crippen molar-refractivity contribution in [2.45, 2.75) is 26.8 Å². The molecule has 36 heavy (non-hydrogen) atoms. The summed E-state index contributed by atoms with van der Waals surface area (Å²) < 4.78 is 7.34. The molecule has 0 bridgehead atoms. The standard InChI is InChI=1S/C29H36N4O3/c1-6-32-9-11-33(12-10-32)25-8-7-20(2)28(17-25)29(35)30-21(3)22-13-23(16-27(15-22)36-5)24-14-26(19-34)31(4)18-24/h7-8,13-19,21H,6,9-12H2,1-5H3,(H,30,35). The Balaban J connectivity index is 1.54. The van der Waals surface area contributed by atoms with Gasteiger partial charge in [0, 0.05) is 56.2 Å². The quantitative estimate of drug-likeness (QED) is 0.475. The highest BCUT2D eigenvalue weighted by atomic mass is 16.5. The number of rotatable bonds is 8. The van der Waals surface area contributed by atoms with E-state index in [1.807, 2.05) is 63.5 Å². The van der Waals surface area contributed by atoms with Crippen LogP contribution in [0.4, 0.5) is 5.69 Å². The molecule has 1 amide bonds. The van der Waals surface area contributed by atoms with E-state index < -0.39 is 0 Å². The van der Waals surface area contributed by atoms with Gasteiger partial charge in [-0.15, -0.1) is 0 Å². The average Bonchev–Trinajstić information content (AvgIpc) is 3.29. The van der Waals surface area contributed by atoms with Crippen LogP contribution in [0.25, 0.3) is 11.1 Å². The molecule has 1 atom stereocenters. The van der Waals surface area contributed by atoms with Crippen molar-refractivity contribution >= 4 is 17.9 Å². The molecule has 0 aliphatic carbocycles. The summed E-state index contributed by atoms with van der Waals surface area (Å²) in [5.41, 5.74) is 6.11. The highest BCUT2D eigenvalue weighted by Gasteiger charge is 2.20. The van der Waals surface area contributed by atoms with Crippen molar-refractivity contribution < 1.29 is 14.3 Å². The van der Waals surface area contributed by atoms with E-state index in [2.05, 4.69) is 28.1 Å². The number of aldehydes is 1. The van der Waals surface area contributed by atoms with Crippen molar-refractivity contribution in [3.63, 3.8) is 0 Å². The summed E-state index contributed by atoms with van der Waals surface area (Å²) in [5.74, 6) is 0.603. The number of nitrogens with one attached hydrogen (secondary N) is 1. The third-order valence-corrected chi connectivity index (χ3v) is 7.16. The van der Waals surface area contributed by atoms with Gasteiger partial charge in [-0.1, -0.05) is 13.0 Å². The lowest BCUT2D eigenvalue weighted by molar-refractivity contribution is 0.0939. The molecule has 0 radical (unpaired) electrons. The zero-order chi connectivity index (χ0) is 25.8. The highest BCUT2D eigenvalue weighted by molar-refractivity contribution is 5.97. The first-order valence-electron chi connectivity index (χ1n) is 12.5. The molecular weight excluding hydrogens is 452 g/mol. The average molecular weight is 489 g/mol. The van der Waals surface area contributed by atoms with Crippen LogP contribution in [0.5, 0.6) is 5.75 Å². The maximum atomic E-state index is 13.4. The number of likely N-dealkylation sites (N-methyl/N-ethyl adjacent to an activating group) is 1. The Morgan fingerprint density at radius 3 is 2.47 bits per heavy atom. The van der Waals surface area contributed by atoms with Crippen molar-refractivity contribution in [3.8, 4) is 16.9 Å². The molecule has 2 heterocycles. The van der Waals surface area contributed by atoms with E-state index in [9.17, 15) is 9.59 Å². The van der Waals surface area contributed by atoms with Crippen LogP contribution in [0.1, 0.15) is 51.9 Å². The van der Waals surface area contributed by atoms with Gasteiger partial charge < -0.3 is 24.4 Å². The Labute approximate surface area is 213 Å². The first-order valence-corrected chi connectivity index (χ1v) is 12.5. The Morgan fingerprint density at radius 2 is 1.83 bits per heavy atom. The second kappa shape index (κ2) is 11.0. The van der Waals surface area contributed by atoms with E-state index in [-0.39, 0.29) is 11.9 Å². The number of hydrogen-bond acceptors (Lipinski definition) is 5. The van der Waals surface area contributed by atoms with E-state index >= 15 is 0 Å². The zero-order valence-electron chi connectivity index (χ0n) is 21.9. The van der Waals surface area contributed by atoms with Gasteiger partial charge in [0.25, 0.3) is 5.91 Å². The van der Waals surface area contributed by atoms with E-state index in [4.69, 9.17) is 4.74 Å². The van der Waals surface area contributed by atoms with Crippen LogP contribution in [0.3, 0.4) is 0 Å². The molecule has 4 rings (SSSR count). The Hall–Kier alpha value is -3.58. The van der Waals surface area contributed by atoms with Crippen molar-refractivity contribution in [2.75, 3.05) is 44.7 Å². The number of methoxy groups -OCH3 is 1. The van der Waals surface area contributed by atoms with Gasteiger partial charge in [0.2, 0.25) is 0 Å². The molecule has 0 spiro atoms. The molecule has 0 saturated carbocycles. The maximum Gasteiger partial charge on any atom is 0.252 e. The van der Waals surface area contributed by atoms with E-state index in [0.29, 0.717) is 17.0 Å². The smallest absolute Gasteiger partial charge is 0.252 e. The lowest BCUT2D eigenvalue weighted by Crippen LogP contribution is -2.46. The minimum absolute atomic E-state index is 0.0960. The summed E-state index contributed by atoms with van der Waals surface area (Å²) in [6, 6.07) is 13.7. The van der Waals surface area contributed by atoms with Gasteiger partial charge in [-0.3, -0.25) is 9.59 Å². The molecule has 1 unspecified atom stereocenters. The second-order valence-corrected chi connectivity index (χ2v) is 9.49. The van der Waals surface area contributed by atoms with Gasteiger partial charge in [0.15, 0.2) is 6.29 Å². The molecule has 1 N–H and O–H groups in total. The van der Waals surface area contributed by atoms with Crippen LogP contribution in [-0.2, 0) is 7.05 Å². The summed E-state index contributed by atoms with van der Waals surface area (Å²) in [4.78, 5) is 29.5. The highest BCUT2D eigenvalue weighted by Crippen LogP contribution is 2.30. The van der Waals surface area contributed by atoms with Gasteiger partial charge in [0.1, 0.15) is 5.75 Å². The minimum atomic E-state index is -0.239. The van der Waals surface area contributed by atoms with Crippen LogP contribution in [-0.4, -0.2) is 61.5 Å². The van der Waals surface area contributed by atoms with Gasteiger partial charge in [-0.25, -0.2) is 0 Å².